The molecule has 0 bridgehead atoms. The maximum absolute atomic E-state index is 11.9. The highest BCUT2D eigenvalue weighted by Gasteiger charge is 2.26. The Balaban J connectivity index is 2.32. The van der Waals surface area contributed by atoms with Gasteiger partial charge in [0.15, 0.2) is 0 Å². The van der Waals surface area contributed by atoms with Crippen LogP contribution in [0.3, 0.4) is 0 Å². The number of hydrogen-bond acceptors (Lipinski definition) is 3. The van der Waals surface area contributed by atoms with Gasteiger partial charge in [0, 0.05) is 20.1 Å². The van der Waals surface area contributed by atoms with Crippen LogP contribution in [0.2, 0.25) is 0 Å². The standard InChI is InChI=1S/C13H27N3O/c1-13(2,14)12(17)16(4)9-7-11-6-5-8-15(3)10-11/h11H,5-10,14H2,1-4H3. The zero-order valence-electron chi connectivity index (χ0n) is 11.7. The van der Waals surface area contributed by atoms with Gasteiger partial charge >= 0.3 is 0 Å². The van der Waals surface area contributed by atoms with E-state index >= 15 is 0 Å². The summed E-state index contributed by atoms with van der Waals surface area (Å²) < 4.78 is 0. The van der Waals surface area contributed by atoms with Crippen molar-refractivity contribution in [1.82, 2.24) is 9.80 Å². The first-order valence-corrected chi connectivity index (χ1v) is 6.53. The summed E-state index contributed by atoms with van der Waals surface area (Å²) in [5.74, 6) is 0.756. The average Bonchev–Trinajstić information content (AvgIpc) is 2.23. The number of hydrogen-bond donors (Lipinski definition) is 1. The first-order valence-electron chi connectivity index (χ1n) is 6.53. The Bertz CT molecular complexity index is 260. The fourth-order valence-electron chi connectivity index (χ4n) is 2.48. The molecule has 0 saturated carbocycles. The lowest BCUT2D eigenvalue weighted by atomic mass is 9.94. The fourth-order valence-corrected chi connectivity index (χ4v) is 2.48. The molecule has 4 heteroatoms. The number of rotatable bonds is 4. The van der Waals surface area contributed by atoms with Crippen molar-refractivity contribution >= 4 is 5.91 Å². The Morgan fingerprint density at radius 1 is 1.53 bits per heavy atom. The van der Waals surface area contributed by atoms with Crippen molar-refractivity contribution in [1.29, 1.82) is 0 Å². The third kappa shape index (κ3) is 4.64. The molecule has 0 aliphatic carbocycles. The van der Waals surface area contributed by atoms with Crippen LogP contribution < -0.4 is 5.73 Å². The van der Waals surface area contributed by atoms with E-state index in [0.29, 0.717) is 0 Å². The minimum absolute atomic E-state index is 0.0293. The summed E-state index contributed by atoms with van der Waals surface area (Å²) in [5.41, 5.74) is 5.06. The summed E-state index contributed by atoms with van der Waals surface area (Å²) in [6.07, 6.45) is 3.66. The van der Waals surface area contributed by atoms with E-state index in [4.69, 9.17) is 5.73 Å². The first-order chi connectivity index (χ1) is 7.80. The second-order valence-electron chi connectivity index (χ2n) is 6.01. The van der Waals surface area contributed by atoms with Gasteiger partial charge in [-0.15, -0.1) is 0 Å². The van der Waals surface area contributed by atoms with Crippen LogP contribution in [-0.4, -0.2) is 55.0 Å². The van der Waals surface area contributed by atoms with Crippen LogP contribution >= 0.6 is 0 Å². The average molecular weight is 241 g/mol. The molecule has 1 amide bonds. The van der Waals surface area contributed by atoms with Crippen LogP contribution in [0.15, 0.2) is 0 Å². The maximum atomic E-state index is 11.9. The van der Waals surface area contributed by atoms with Crippen LogP contribution in [-0.2, 0) is 4.79 Å². The van der Waals surface area contributed by atoms with E-state index in [0.717, 1.165) is 25.4 Å². The minimum atomic E-state index is -0.752. The largest absolute Gasteiger partial charge is 0.344 e. The predicted molar refractivity (Wildman–Crippen MR) is 70.7 cm³/mol. The zero-order chi connectivity index (χ0) is 13.1. The lowest BCUT2D eigenvalue weighted by molar-refractivity contribution is -0.134. The van der Waals surface area contributed by atoms with Gasteiger partial charge in [0.25, 0.3) is 0 Å². The Hall–Kier alpha value is -0.610. The lowest BCUT2D eigenvalue weighted by Gasteiger charge is -2.32. The molecule has 0 spiro atoms. The number of likely N-dealkylation sites (N-methyl/N-ethyl adjacent to an activating group) is 1. The highest BCUT2D eigenvalue weighted by molar-refractivity contribution is 5.84. The van der Waals surface area contributed by atoms with E-state index in [2.05, 4.69) is 11.9 Å². The minimum Gasteiger partial charge on any atom is -0.344 e. The number of nitrogens with two attached hydrogens (primary N) is 1. The van der Waals surface area contributed by atoms with Crippen molar-refractivity contribution in [2.24, 2.45) is 11.7 Å². The molecule has 1 atom stereocenters. The summed E-state index contributed by atoms with van der Waals surface area (Å²) >= 11 is 0. The van der Waals surface area contributed by atoms with Gasteiger partial charge < -0.3 is 15.5 Å². The van der Waals surface area contributed by atoms with Crippen LogP contribution in [0.25, 0.3) is 0 Å². The normalized spacial score (nSPS) is 22.5. The van der Waals surface area contributed by atoms with E-state index in [9.17, 15) is 4.79 Å². The third-order valence-corrected chi connectivity index (χ3v) is 3.49. The Morgan fingerprint density at radius 2 is 2.18 bits per heavy atom. The first kappa shape index (κ1) is 14.5. The van der Waals surface area contributed by atoms with E-state index in [-0.39, 0.29) is 5.91 Å². The molecule has 0 radical (unpaired) electrons. The van der Waals surface area contributed by atoms with Gasteiger partial charge in [-0.3, -0.25) is 4.79 Å². The van der Waals surface area contributed by atoms with Gasteiger partial charge in [-0.1, -0.05) is 0 Å². The summed E-state index contributed by atoms with van der Waals surface area (Å²) in [7, 11) is 4.02. The predicted octanol–water partition coefficient (Wildman–Crippen LogP) is 0.914. The van der Waals surface area contributed by atoms with Crippen molar-refractivity contribution in [2.45, 2.75) is 38.6 Å². The van der Waals surface area contributed by atoms with Gasteiger partial charge in [0.1, 0.15) is 0 Å². The van der Waals surface area contributed by atoms with Crippen LogP contribution in [0.4, 0.5) is 0 Å². The molecule has 17 heavy (non-hydrogen) atoms. The monoisotopic (exact) mass is 241 g/mol. The van der Waals surface area contributed by atoms with Gasteiger partial charge in [0.05, 0.1) is 5.54 Å². The molecule has 0 aromatic heterocycles. The van der Waals surface area contributed by atoms with Crippen LogP contribution in [0.1, 0.15) is 33.1 Å². The zero-order valence-corrected chi connectivity index (χ0v) is 11.7. The van der Waals surface area contributed by atoms with Crippen molar-refractivity contribution in [3.63, 3.8) is 0 Å². The molecule has 1 aliphatic rings. The molecule has 1 fully saturated rings. The molecule has 1 unspecified atom stereocenters. The lowest BCUT2D eigenvalue weighted by Crippen LogP contribution is -2.50. The number of amides is 1. The second-order valence-corrected chi connectivity index (χ2v) is 6.01. The Labute approximate surface area is 105 Å². The quantitative estimate of drug-likeness (QED) is 0.796. The van der Waals surface area contributed by atoms with Crippen molar-refractivity contribution in [3.8, 4) is 0 Å². The molecule has 4 nitrogen and oxygen atoms in total. The second kappa shape index (κ2) is 5.83. The molecule has 0 aromatic carbocycles. The SMILES string of the molecule is CN1CCCC(CCN(C)C(=O)C(C)(C)N)C1. The maximum Gasteiger partial charge on any atom is 0.241 e. The smallest absolute Gasteiger partial charge is 0.241 e. The van der Waals surface area contributed by atoms with E-state index in [1.807, 2.05) is 7.05 Å². The van der Waals surface area contributed by atoms with E-state index in [1.165, 1.54) is 19.4 Å². The highest BCUT2D eigenvalue weighted by Crippen LogP contribution is 2.18. The summed E-state index contributed by atoms with van der Waals surface area (Å²) in [6, 6.07) is 0. The third-order valence-electron chi connectivity index (χ3n) is 3.49. The number of likely N-dealkylation sites (tertiary alicyclic amines) is 1. The van der Waals surface area contributed by atoms with E-state index in [1.54, 1.807) is 18.7 Å². The molecule has 0 aromatic rings. The van der Waals surface area contributed by atoms with Crippen molar-refractivity contribution < 1.29 is 4.79 Å². The molecule has 1 aliphatic heterocycles. The number of nitrogens with zero attached hydrogens (tertiary/aromatic N) is 2. The Morgan fingerprint density at radius 3 is 2.71 bits per heavy atom. The fraction of sp³-hybridized carbons (Fsp3) is 0.923. The number of piperidine rings is 1. The van der Waals surface area contributed by atoms with Crippen LogP contribution in [0.5, 0.6) is 0 Å². The van der Waals surface area contributed by atoms with Gasteiger partial charge in [-0.25, -0.2) is 0 Å². The van der Waals surface area contributed by atoms with Crippen LogP contribution in [0, 0.1) is 5.92 Å². The van der Waals surface area contributed by atoms with Gasteiger partial charge in [-0.2, -0.15) is 0 Å². The summed E-state index contributed by atoms with van der Waals surface area (Å²) in [6.45, 7) is 6.72. The molecule has 100 valence electrons. The molecular formula is C13H27N3O. The summed E-state index contributed by atoms with van der Waals surface area (Å²) in [5, 5.41) is 0. The molecule has 1 saturated heterocycles. The van der Waals surface area contributed by atoms with Gasteiger partial charge in [0.2, 0.25) is 5.91 Å². The number of carbonyl (C=O) groups is 1. The Kier molecular flexibility index (Phi) is 4.95. The topological polar surface area (TPSA) is 49.6 Å². The van der Waals surface area contributed by atoms with Crippen molar-refractivity contribution in [2.75, 3.05) is 33.7 Å². The van der Waals surface area contributed by atoms with Gasteiger partial charge in [-0.05, 0) is 52.6 Å². The van der Waals surface area contributed by atoms with Crippen molar-refractivity contribution in [3.05, 3.63) is 0 Å². The number of carbonyl (C=O) groups excluding carboxylic acids is 1. The molecular weight excluding hydrogens is 214 g/mol. The molecule has 2 N–H and O–H groups in total. The van der Waals surface area contributed by atoms with E-state index < -0.39 is 5.54 Å². The summed E-state index contributed by atoms with van der Waals surface area (Å²) in [4.78, 5) is 16.0. The molecule has 1 rings (SSSR count). The molecule has 1 heterocycles. The highest BCUT2D eigenvalue weighted by atomic mass is 16.2.